The first-order valence-electron chi connectivity index (χ1n) is 6.80. The average molecular weight is 313 g/mol. The van der Waals surface area contributed by atoms with Gasteiger partial charge in [-0.25, -0.2) is 9.78 Å². The Balaban J connectivity index is 1.94. The maximum Gasteiger partial charge on any atom is 0.357 e. The van der Waals surface area contributed by atoms with Gasteiger partial charge in [0.2, 0.25) is 5.91 Å². The zero-order valence-corrected chi connectivity index (χ0v) is 12.4. The first kappa shape index (κ1) is 16.2. The molecule has 7 heteroatoms. The fourth-order valence-electron chi connectivity index (χ4n) is 1.72. The van der Waals surface area contributed by atoms with Gasteiger partial charge in [-0.1, -0.05) is 6.07 Å². The number of rotatable bonds is 5. The van der Waals surface area contributed by atoms with E-state index in [-0.39, 0.29) is 5.69 Å². The molecule has 1 aromatic carbocycles. The van der Waals surface area contributed by atoms with Crippen molar-refractivity contribution in [3.8, 4) is 0 Å². The lowest BCUT2D eigenvalue weighted by Crippen LogP contribution is -2.30. The standard InChI is InChI=1S/C16H15N3O4/c1-10(23-16(22)13-4-2-3-9-18-13)15(21)19-12-7-5-11(6-8-12)14(17)20/h2-10H,1H3,(H2,17,20)(H,19,21)/t10-/m1/s1. The molecule has 3 N–H and O–H groups in total. The fraction of sp³-hybridized carbons (Fsp3) is 0.125. The number of nitrogens with zero attached hydrogens (tertiary/aromatic N) is 1. The Bertz CT molecular complexity index is 714. The van der Waals surface area contributed by atoms with Gasteiger partial charge in [0.05, 0.1) is 0 Å². The highest BCUT2D eigenvalue weighted by molar-refractivity contribution is 5.97. The number of pyridine rings is 1. The van der Waals surface area contributed by atoms with Crippen molar-refractivity contribution < 1.29 is 19.1 Å². The number of aromatic nitrogens is 1. The van der Waals surface area contributed by atoms with Crippen LogP contribution in [0.2, 0.25) is 0 Å². The summed E-state index contributed by atoms with van der Waals surface area (Å²) >= 11 is 0. The number of primary amides is 1. The lowest BCUT2D eigenvalue weighted by Gasteiger charge is -2.13. The predicted molar refractivity (Wildman–Crippen MR) is 82.7 cm³/mol. The number of esters is 1. The third-order valence-electron chi connectivity index (χ3n) is 2.96. The van der Waals surface area contributed by atoms with Crippen LogP contribution in [0.5, 0.6) is 0 Å². The van der Waals surface area contributed by atoms with E-state index in [1.54, 1.807) is 12.1 Å². The van der Waals surface area contributed by atoms with Gasteiger partial charge < -0.3 is 15.8 Å². The van der Waals surface area contributed by atoms with E-state index < -0.39 is 23.9 Å². The molecule has 0 fully saturated rings. The second-order valence-corrected chi connectivity index (χ2v) is 4.69. The molecule has 23 heavy (non-hydrogen) atoms. The smallest absolute Gasteiger partial charge is 0.357 e. The molecule has 2 rings (SSSR count). The van der Waals surface area contributed by atoms with E-state index in [0.717, 1.165) is 0 Å². The molecule has 1 atom stereocenters. The number of hydrogen-bond donors (Lipinski definition) is 2. The van der Waals surface area contributed by atoms with Gasteiger partial charge in [0.15, 0.2) is 6.10 Å². The Morgan fingerprint density at radius 1 is 1.13 bits per heavy atom. The van der Waals surface area contributed by atoms with Gasteiger partial charge in [0, 0.05) is 17.4 Å². The normalized spacial score (nSPS) is 11.3. The SMILES string of the molecule is C[C@@H](OC(=O)c1ccccn1)C(=O)Nc1ccc(C(N)=O)cc1. The number of benzene rings is 1. The summed E-state index contributed by atoms with van der Waals surface area (Å²) in [6.07, 6.45) is 0.460. The van der Waals surface area contributed by atoms with Crippen molar-refractivity contribution in [2.75, 3.05) is 5.32 Å². The fourth-order valence-corrected chi connectivity index (χ4v) is 1.72. The summed E-state index contributed by atoms with van der Waals surface area (Å²) in [5.74, 6) is -1.74. The Hall–Kier alpha value is -3.22. The van der Waals surface area contributed by atoms with Gasteiger partial charge in [0.1, 0.15) is 5.69 Å². The molecule has 1 heterocycles. The molecule has 0 spiro atoms. The summed E-state index contributed by atoms with van der Waals surface area (Å²) in [5, 5.41) is 2.58. The van der Waals surface area contributed by atoms with Crippen LogP contribution in [0.3, 0.4) is 0 Å². The van der Waals surface area contributed by atoms with Crippen molar-refractivity contribution in [2.45, 2.75) is 13.0 Å². The Kier molecular flexibility index (Phi) is 5.03. The van der Waals surface area contributed by atoms with Crippen molar-refractivity contribution in [2.24, 2.45) is 5.73 Å². The molecule has 0 aliphatic rings. The summed E-state index contributed by atoms with van der Waals surface area (Å²) in [6, 6.07) is 10.9. The largest absolute Gasteiger partial charge is 0.448 e. The van der Waals surface area contributed by atoms with Crippen LogP contribution in [0.25, 0.3) is 0 Å². The van der Waals surface area contributed by atoms with E-state index >= 15 is 0 Å². The Morgan fingerprint density at radius 2 is 1.83 bits per heavy atom. The van der Waals surface area contributed by atoms with Gasteiger partial charge in [-0.2, -0.15) is 0 Å². The second kappa shape index (κ2) is 7.17. The maximum absolute atomic E-state index is 12.0. The summed E-state index contributed by atoms with van der Waals surface area (Å²) in [4.78, 5) is 38.6. The predicted octanol–water partition coefficient (Wildman–Crippen LogP) is 1.36. The van der Waals surface area contributed by atoms with Crippen molar-refractivity contribution in [3.63, 3.8) is 0 Å². The molecule has 0 bridgehead atoms. The highest BCUT2D eigenvalue weighted by atomic mass is 16.5. The lowest BCUT2D eigenvalue weighted by molar-refractivity contribution is -0.123. The van der Waals surface area contributed by atoms with Crippen LogP contribution in [0.4, 0.5) is 5.69 Å². The van der Waals surface area contributed by atoms with E-state index in [9.17, 15) is 14.4 Å². The van der Waals surface area contributed by atoms with E-state index in [4.69, 9.17) is 10.5 Å². The van der Waals surface area contributed by atoms with E-state index in [1.807, 2.05) is 0 Å². The minimum atomic E-state index is -1.000. The van der Waals surface area contributed by atoms with Gasteiger partial charge in [0.25, 0.3) is 5.91 Å². The molecule has 0 unspecified atom stereocenters. The molecule has 0 aliphatic heterocycles. The second-order valence-electron chi connectivity index (χ2n) is 4.69. The average Bonchev–Trinajstić information content (AvgIpc) is 2.56. The lowest BCUT2D eigenvalue weighted by atomic mass is 10.2. The van der Waals surface area contributed by atoms with Gasteiger partial charge in [-0.15, -0.1) is 0 Å². The summed E-state index contributed by atoms with van der Waals surface area (Å²) in [7, 11) is 0. The highest BCUT2D eigenvalue weighted by Crippen LogP contribution is 2.10. The van der Waals surface area contributed by atoms with Crippen molar-refractivity contribution in [1.29, 1.82) is 0 Å². The van der Waals surface area contributed by atoms with Crippen molar-refractivity contribution >= 4 is 23.5 Å². The van der Waals surface area contributed by atoms with Crippen LogP contribution < -0.4 is 11.1 Å². The third kappa shape index (κ3) is 4.37. The Morgan fingerprint density at radius 3 is 2.39 bits per heavy atom. The maximum atomic E-state index is 12.0. The monoisotopic (exact) mass is 313 g/mol. The molecular weight excluding hydrogens is 298 g/mol. The molecular formula is C16H15N3O4. The molecule has 7 nitrogen and oxygen atoms in total. The van der Waals surface area contributed by atoms with Gasteiger partial charge >= 0.3 is 5.97 Å². The topological polar surface area (TPSA) is 111 Å². The van der Waals surface area contributed by atoms with Crippen molar-refractivity contribution in [3.05, 3.63) is 59.9 Å². The zero-order valence-electron chi connectivity index (χ0n) is 12.4. The van der Waals surface area contributed by atoms with Crippen LogP contribution in [0.15, 0.2) is 48.7 Å². The number of nitrogens with two attached hydrogens (primary N) is 1. The molecule has 2 aromatic rings. The minimum Gasteiger partial charge on any atom is -0.448 e. The van der Waals surface area contributed by atoms with Crippen LogP contribution in [0.1, 0.15) is 27.8 Å². The molecule has 0 saturated carbocycles. The minimum absolute atomic E-state index is 0.123. The van der Waals surface area contributed by atoms with E-state index in [1.165, 1.54) is 43.5 Å². The molecule has 2 amide bonds. The molecule has 118 valence electrons. The number of carbonyl (C=O) groups is 3. The molecule has 0 saturated heterocycles. The molecule has 1 aromatic heterocycles. The number of anilines is 1. The first-order chi connectivity index (χ1) is 11.0. The van der Waals surface area contributed by atoms with Gasteiger partial charge in [-0.3, -0.25) is 9.59 Å². The zero-order chi connectivity index (χ0) is 16.8. The number of carbonyl (C=O) groups excluding carboxylic acids is 3. The summed E-state index contributed by atoms with van der Waals surface area (Å²) in [5.41, 5.74) is 6.05. The van der Waals surface area contributed by atoms with Crippen molar-refractivity contribution in [1.82, 2.24) is 4.98 Å². The van der Waals surface area contributed by atoms with Crippen LogP contribution in [-0.4, -0.2) is 28.9 Å². The van der Waals surface area contributed by atoms with Crippen LogP contribution in [-0.2, 0) is 9.53 Å². The first-order valence-corrected chi connectivity index (χ1v) is 6.80. The quantitative estimate of drug-likeness (QED) is 0.810. The van der Waals surface area contributed by atoms with Crippen LogP contribution in [0, 0.1) is 0 Å². The van der Waals surface area contributed by atoms with Crippen LogP contribution >= 0.6 is 0 Å². The number of hydrogen-bond acceptors (Lipinski definition) is 5. The summed E-state index contributed by atoms with van der Waals surface area (Å²) in [6.45, 7) is 1.45. The Labute approximate surface area is 132 Å². The van der Waals surface area contributed by atoms with Gasteiger partial charge in [-0.05, 0) is 43.3 Å². The van der Waals surface area contributed by atoms with E-state index in [0.29, 0.717) is 11.3 Å². The summed E-state index contributed by atoms with van der Waals surface area (Å²) < 4.78 is 5.04. The number of ether oxygens (including phenoxy) is 1. The number of nitrogens with one attached hydrogen (secondary N) is 1. The molecule has 0 aliphatic carbocycles. The number of amides is 2. The highest BCUT2D eigenvalue weighted by Gasteiger charge is 2.19. The third-order valence-corrected chi connectivity index (χ3v) is 2.96. The molecule has 0 radical (unpaired) electrons. The van der Waals surface area contributed by atoms with E-state index in [2.05, 4.69) is 10.3 Å².